The van der Waals surface area contributed by atoms with E-state index in [1.165, 1.54) is 6.92 Å². The lowest BCUT2D eigenvalue weighted by molar-refractivity contribution is -0.191. The fourth-order valence-electron chi connectivity index (χ4n) is 0.874. The van der Waals surface area contributed by atoms with E-state index in [1.807, 2.05) is 11.9 Å². The van der Waals surface area contributed by atoms with Crippen molar-refractivity contribution in [3.8, 4) is 0 Å². The predicted octanol–water partition coefficient (Wildman–Crippen LogP) is 0.574. The Labute approximate surface area is 81.6 Å². The highest BCUT2D eigenvalue weighted by molar-refractivity contribution is 8.10. The van der Waals surface area contributed by atoms with Crippen LogP contribution in [0, 0.1) is 0 Å². The topological polar surface area (TPSA) is 32.8 Å². The van der Waals surface area contributed by atoms with Gasteiger partial charge < -0.3 is 4.84 Å². The van der Waals surface area contributed by atoms with Crippen LogP contribution in [0.2, 0.25) is 0 Å². The second-order valence-electron chi connectivity index (χ2n) is 2.59. The number of hydroxylamine groups is 2. The largest absolute Gasteiger partial charge is 0.366 e. The molecule has 1 saturated heterocycles. The molecule has 1 rings (SSSR count). The molecule has 70 valence electrons. The average molecular weight is 208 g/mol. The molecule has 1 aliphatic rings. The molecule has 1 unspecified atom stereocenters. The Morgan fingerprint density at radius 3 is 2.92 bits per heavy atom. The molecular formula is C6H12N2O2S2. The van der Waals surface area contributed by atoms with Crippen LogP contribution in [-0.4, -0.2) is 40.2 Å². The summed E-state index contributed by atoms with van der Waals surface area (Å²) in [5.74, 6) is 0.402. The van der Waals surface area contributed by atoms with Gasteiger partial charge in [0.15, 0.2) is 0 Å². The normalized spacial score (nSPS) is 27.1. The van der Waals surface area contributed by atoms with Crippen molar-refractivity contribution in [2.75, 3.05) is 19.6 Å². The monoisotopic (exact) mass is 208 g/mol. The van der Waals surface area contributed by atoms with Gasteiger partial charge in [-0.1, -0.05) is 0 Å². The van der Waals surface area contributed by atoms with E-state index in [4.69, 9.17) is 4.84 Å². The summed E-state index contributed by atoms with van der Waals surface area (Å²) in [7, 11) is 1.93. The molecule has 0 N–H and O–H groups in total. The summed E-state index contributed by atoms with van der Waals surface area (Å²) >= 11 is 5.92. The Hall–Kier alpha value is 0.0900. The molecule has 0 saturated carbocycles. The van der Waals surface area contributed by atoms with Crippen molar-refractivity contribution in [1.82, 2.24) is 9.96 Å². The first-order valence-corrected chi connectivity index (χ1v) is 5.09. The SMILES string of the molecule is CC(=O)ON1CSC(S)N(C)C1. The maximum Gasteiger partial charge on any atom is 0.322 e. The first-order chi connectivity index (χ1) is 5.59. The summed E-state index contributed by atoms with van der Waals surface area (Å²) in [6.45, 7) is 2.01. The summed E-state index contributed by atoms with van der Waals surface area (Å²) < 4.78 is 0.191. The zero-order chi connectivity index (χ0) is 9.14. The lowest BCUT2D eigenvalue weighted by Crippen LogP contribution is -2.44. The molecule has 1 atom stereocenters. The second kappa shape index (κ2) is 4.36. The van der Waals surface area contributed by atoms with Crippen molar-refractivity contribution in [2.24, 2.45) is 0 Å². The van der Waals surface area contributed by atoms with Crippen LogP contribution >= 0.6 is 24.4 Å². The third kappa shape index (κ3) is 2.85. The number of carbonyl (C=O) groups excluding carboxylic acids is 1. The third-order valence-electron chi connectivity index (χ3n) is 1.38. The quantitative estimate of drug-likeness (QED) is 0.637. The minimum absolute atomic E-state index is 0.191. The van der Waals surface area contributed by atoms with Crippen molar-refractivity contribution < 1.29 is 9.63 Å². The molecule has 0 aromatic rings. The molecule has 0 amide bonds. The van der Waals surface area contributed by atoms with E-state index in [9.17, 15) is 4.79 Å². The molecule has 0 radical (unpaired) electrons. The molecule has 0 bridgehead atoms. The van der Waals surface area contributed by atoms with E-state index >= 15 is 0 Å². The molecule has 1 aliphatic heterocycles. The first-order valence-electron chi connectivity index (χ1n) is 3.53. The minimum atomic E-state index is -0.276. The molecule has 1 heterocycles. The van der Waals surface area contributed by atoms with Crippen LogP contribution in [0.1, 0.15) is 6.92 Å². The highest BCUT2D eigenvalue weighted by Gasteiger charge is 2.23. The van der Waals surface area contributed by atoms with E-state index in [0.29, 0.717) is 12.5 Å². The van der Waals surface area contributed by atoms with E-state index in [-0.39, 0.29) is 10.7 Å². The Morgan fingerprint density at radius 2 is 2.42 bits per heavy atom. The van der Waals surface area contributed by atoms with Gasteiger partial charge in [0, 0.05) is 6.92 Å². The molecule has 0 aromatic carbocycles. The molecule has 12 heavy (non-hydrogen) atoms. The predicted molar refractivity (Wildman–Crippen MR) is 51.5 cm³/mol. The molecule has 1 fully saturated rings. The number of thiol groups is 1. The molecule has 6 heteroatoms. The van der Waals surface area contributed by atoms with Crippen LogP contribution < -0.4 is 0 Å². The fraction of sp³-hybridized carbons (Fsp3) is 0.833. The summed E-state index contributed by atoms with van der Waals surface area (Å²) in [5, 5.41) is 1.61. The Balaban J connectivity index is 2.35. The molecule has 0 spiro atoms. The summed E-state index contributed by atoms with van der Waals surface area (Å²) in [5.41, 5.74) is 0. The van der Waals surface area contributed by atoms with E-state index < -0.39 is 0 Å². The smallest absolute Gasteiger partial charge is 0.322 e. The van der Waals surface area contributed by atoms with Gasteiger partial charge in [-0.3, -0.25) is 9.69 Å². The van der Waals surface area contributed by atoms with Gasteiger partial charge in [0.05, 0.1) is 12.5 Å². The number of hydrogen-bond acceptors (Lipinski definition) is 6. The van der Waals surface area contributed by atoms with E-state index in [2.05, 4.69) is 12.6 Å². The van der Waals surface area contributed by atoms with Crippen molar-refractivity contribution in [3.63, 3.8) is 0 Å². The van der Waals surface area contributed by atoms with Gasteiger partial charge in [-0.15, -0.1) is 29.5 Å². The number of hydrogen-bond donors (Lipinski definition) is 1. The summed E-state index contributed by atoms with van der Waals surface area (Å²) in [4.78, 5) is 17.5. The van der Waals surface area contributed by atoms with Crippen molar-refractivity contribution in [2.45, 2.75) is 11.6 Å². The maximum atomic E-state index is 10.6. The van der Waals surface area contributed by atoms with Crippen LogP contribution in [0.5, 0.6) is 0 Å². The Bertz CT molecular complexity index is 179. The highest BCUT2D eigenvalue weighted by Crippen LogP contribution is 2.24. The van der Waals surface area contributed by atoms with Gasteiger partial charge in [0.1, 0.15) is 4.71 Å². The number of nitrogens with zero attached hydrogens (tertiary/aromatic N) is 2. The maximum absolute atomic E-state index is 10.6. The minimum Gasteiger partial charge on any atom is -0.366 e. The standard InChI is InChI=1S/C6H12N2O2S2/c1-5(9)10-8-3-7(2)6(11)12-4-8/h6,11H,3-4H2,1-2H3. The van der Waals surface area contributed by atoms with Gasteiger partial charge in [-0.25, -0.2) is 0 Å². The average Bonchev–Trinajstić information content (AvgIpc) is 1.96. The molecule has 4 nitrogen and oxygen atoms in total. The van der Waals surface area contributed by atoms with Crippen LogP contribution in [0.3, 0.4) is 0 Å². The van der Waals surface area contributed by atoms with Crippen LogP contribution in [-0.2, 0) is 9.63 Å². The zero-order valence-electron chi connectivity index (χ0n) is 7.06. The summed E-state index contributed by atoms with van der Waals surface area (Å²) in [6, 6.07) is 0. The number of thioether (sulfide) groups is 1. The lowest BCUT2D eigenvalue weighted by atomic mass is 10.8. The van der Waals surface area contributed by atoms with Crippen LogP contribution in [0.25, 0.3) is 0 Å². The van der Waals surface area contributed by atoms with Gasteiger partial charge in [-0.05, 0) is 7.05 Å². The van der Waals surface area contributed by atoms with Gasteiger partial charge in [0.25, 0.3) is 0 Å². The van der Waals surface area contributed by atoms with Crippen LogP contribution in [0.4, 0.5) is 0 Å². The second-order valence-corrected chi connectivity index (χ2v) is 4.46. The third-order valence-corrected chi connectivity index (χ3v) is 3.32. The van der Waals surface area contributed by atoms with Crippen molar-refractivity contribution >= 4 is 30.4 Å². The molecular weight excluding hydrogens is 196 g/mol. The Morgan fingerprint density at radius 1 is 1.75 bits per heavy atom. The van der Waals surface area contributed by atoms with Gasteiger partial charge in [-0.2, -0.15) is 0 Å². The Kier molecular flexibility index (Phi) is 3.70. The van der Waals surface area contributed by atoms with Crippen molar-refractivity contribution in [3.05, 3.63) is 0 Å². The van der Waals surface area contributed by atoms with Crippen LogP contribution in [0.15, 0.2) is 0 Å². The first kappa shape index (κ1) is 10.2. The lowest BCUT2D eigenvalue weighted by Gasteiger charge is -2.34. The number of rotatable bonds is 1. The highest BCUT2D eigenvalue weighted by atomic mass is 32.2. The van der Waals surface area contributed by atoms with Gasteiger partial charge in [0.2, 0.25) is 0 Å². The molecule has 0 aromatic heterocycles. The number of carbonyl (C=O) groups is 1. The zero-order valence-corrected chi connectivity index (χ0v) is 8.77. The molecule has 0 aliphatic carbocycles. The van der Waals surface area contributed by atoms with Crippen molar-refractivity contribution in [1.29, 1.82) is 0 Å². The van der Waals surface area contributed by atoms with Gasteiger partial charge >= 0.3 is 5.97 Å². The van der Waals surface area contributed by atoms with E-state index in [1.54, 1.807) is 16.8 Å². The van der Waals surface area contributed by atoms with E-state index in [0.717, 1.165) is 0 Å². The fourth-order valence-corrected chi connectivity index (χ4v) is 1.90. The summed E-state index contributed by atoms with van der Waals surface area (Å²) in [6.07, 6.45) is 0.